The van der Waals surface area contributed by atoms with E-state index in [0.717, 1.165) is 5.56 Å². The first kappa shape index (κ1) is 22.1. The summed E-state index contributed by atoms with van der Waals surface area (Å²) in [6, 6.07) is 13.5. The lowest BCUT2D eigenvalue weighted by Crippen LogP contribution is -2.40. The summed E-state index contributed by atoms with van der Waals surface area (Å²) in [5.41, 5.74) is 1.29. The molecule has 0 radical (unpaired) electrons. The molecular weight excluding hydrogens is 406 g/mol. The summed E-state index contributed by atoms with van der Waals surface area (Å²) >= 11 is 0. The molecule has 1 fully saturated rings. The second-order valence-corrected chi connectivity index (χ2v) is 9.01. The number of amides is 1. The molecule has 1 aliphatic heterocycles. The zero-order chi connectivity index (χ0) is 21.7. The van der Waals surface area contributed by atoms with Crippen LogP contribution in [0.2, 0.25) is 0 Å². The molecule has 1 heterocycles. The number of likely N-dealkylation sites (N-methyl/N-ethyl adjacent to an activating group) is 1. The molecule has 0 bridgehead atoms. The highest BCUT2D eigenvalue weighted by atomic mass is 32.2. The number of anilines is 1. The number of nitrogens with one attached hydrogen (secondary N) is 1. The number of rotatable bonds is 7. The van der Waals surface area contributed by atoms with E-state index in [2.05, 4.69) is 5.32 Å². The van der Waals surface area contributed by atoms with E-state index in [1.807, 2.05) is 30.3 Å². The fraction of sp³-hybridized carbons (Fsp3) is 0.381. The van der Waals surface area contributed by atoms with E-state index < -0.39 is 16.1 Å². The van der Waals surface area contributed by atoms with E-state index in [9.17, 15) is 13.2 Å². The number of benzene rings is 2. The topological polar surface area (TPSA) is 88.2 Å². The molecule has 1 atom stereocenters. The Kier molecular flexibility index (Phi) is 6.96. The van der Waals surface area contributed by atoms with Crippen molar-refractivity contribution < 1.29 is 22.7 Å². The third-order valence-corrected chi connectivity index (χ3v) is 6.80. The summed E-state index contributed by atoms with van der Waals surface area (Å²) in [6.07, 6.45) is 0. The number of sulfonamides is 1. The number of carbonyl (C=O) groups excluding carboxylic acids is 1. The van der Waals surface area contributed by atoms with Gasteiger partial charge in [0.25, 0.3) is 0 Å². The number of carbonyl (C=O) groups is 1. The molecule has 1 N–H and O–H groups in total. The van der Waals surface area contributed by atoms with Gasteiger partial charge in [-0.3, -0.25) is 4.79 Å². The molecule has 1 amide bonds. The molecule has 1 aliphatic rings. The first-order chi connectivity index (χ1) is 14.3. The summed E-state index contributed by atoms with van der Waals surface area (Å²) in [5, 5.41) is 3.19. The van der Waals surface area contributed by atoms with E-state index in [1.165, 1.54) is 22.4 Å². The van der Waals surface area contributed by atoms with Gasteiger partial charge in [0.05, 0.1) is 20.3 Å². The van der Waals surface area contributed by atoms with Crippen LogP contribution in [-0.2, 0) is 19.6 Å². The normalized spacial score (nSPS) is 16.0. The summed E-state index contributed by atoms with van der Waals surface area (Å²) in [6.45, 7) is 1.28. The van der Waals surface area contributed by atoms with Gasteiger partial charge in [-0.1, -0.05) is 30.3 Å². The summed E-state index contributed by atoms with van der Waals surface area (Å²) < 4.78 is 38.4. The van der Waals surface area contributed by atoms with Crippen molar-refractivity contribution in [3.8, 4) is 5.75 Å². The lowest BCUT2D eigenvalue weighted by molar-refractivity contribution is -0.129. The van der Waals surface area contributed by atoms with Gasteiger partial charge < -0.3 is 19.7 Å². The van der Waals surface area contributed by atoms with E-state index in [0.29, 0.717) is 18.9 Å². The number of hydrogen-bond acceptors (Lipinski definition) is 6. The highest BCUT2D eigenvalue weighted by Crippen LogP contribution is 2.32. The van der Waals surface area contributed by atoms with Crippen LogP contribution in [0.15, 0.2) is 53.4 Å². The fourth-order valence-electron chi connectivity index (χ4n) is 3.25. The maximum atomic E-state index is 13.2. The molecule has 8 nitrogen and oxygen atoms in total. The van der Waals surface area contributed by atoms with Crippen molar-refractivity contribution in [1.82, 2.24) is 9.21 Å². The average Bonchev–Trinajstić information content (AvgIpc) is 2.78. The van der Waals surface area contributed by atoms with E-state index in [4.69, 9.17) is 9.47 Å². The minimum absolute atomic E-state index is 0.0565. The Morgan fingerprint density at radius 2 is 1.80 bits per heavy atom. The predicted molar refractivity (Wildman–Crippen MR) is 114 cm³/mol. The maximum Gasteiger partial charge on any atom is 0.249 e. The van der Waals surface area contributed by atoms with Gasteiger partial charge in [-0.2, -0.15) is 4.31 Å². The quantitative estimate of drug-likeness (QED) is 0.718. The summed E-state index contributed by atoms with van der Waals surface area (Å²) in [5.74, 6) is 0.108. The number of morpholine rings is 1. The lowest BCUT2D eigenvalue weighted by Gasteiger charge is -2.27. The van der Waals surface area contributed by atoms with Gasteiger partial charge in [-0.25, -0.2) is 8.42 Å². The molecule has 0 saturated carbocycles. The fourth-order valence-corrected chi connectivity index (χ4v) is 4.84. The Bertz CT molecular complexity index is 973. The minimum atomic E-state index is -3.77. The standard InChI is InChI=1S/C21H27N3O5S/c1-23(2)21(25)20(16-7-5-4-6-8-16)22-17-9-10-18(28-3)19(15-17)30(26,27)24-11-13-29-14-12-24/h4-10,15,20,22H,11-14H2,1-3H3/t20-/m1/s1. The molecule has 0 spiro atoms. The number of nitrogens with zero attached hydrogens (tertiary/aromatic N) is 2. The molecule has 9 heteroatoms. The summed E-state index contributed by atoms with van der Waals surface area (Å²) in [4.78, 5) is 14.4. The SMILES string of the molecule is COc1ccc(N[C@@H](C(=O)N(C)C)c2ccccc2)cc1S(=O)(=O)N1CCOCC1. The van der Waals surface area contributed by atoms with Gasteiger partial charge >= 0.3 is 0 Å². The Morgan fingerprint density at radius 3 is 2.40 bits per heavy atom. The first-order valence-corrected chi connectivity index (χ1v) is 11.1. The van der Waals surface area contributed by atoms with Crippen molar-refractivity contribution in [3.05, 3.63) is 54.1 Å². The molecular formula is C21H27N3O5S. The van der Waals surface area contributed by atoms with Gasteiger partial charge in [0, 0.05) is 32.9 Å². The van der Waals surface area contributed by atoms with Crippen LogP contribution >= 0.6 is 0 Å². The maximum absolute atomic E-state index is 13.2. The molecule has 3 rings (SSSR count). The Hall–Kier alpha value is -2.62. The van der Waals surface area contributed by atoms with Crippen molar-refractivity contribution in [1.29, 1.82) is 0 Å². The van der Waals surface area contributed by atoms with E-state index in [-0.39, 0.29) is 29.6 Å². The van der Waals surface area contributed by atoms with Crippen molar-refractivity contribution >= 4 is 21.6 Å². The zero-order valence-electron chi connectivity index (χ0n) is 17.4. The molecule has 0 aliphatic carbocycles. The highest BCUT2D eigenvalue weighted by molar-refractivity contribution is 7.89. The van der Waals surface area contributed by atoms with E-state index >= 15 is 0 Å². The van der Waals surface area contributed by atoms with E-state index in [1.54, 1.807) is 26.2 Å². The Balaban J connectivity index is 1.97. The number of hydrogen-bond donors (Lipinski definition) is 1. The van der Waals surface area contributed by atoms with Crippen LogP contribution in [-0.4, -0.2) is 71.0 Å². The van der Waals surface area contributed by atoms with Crippen LogP contribution in [0.4, 0.5) is 5.69 Å². The van der Waals surface area contributed by atoms with Crippen LogP contribution in [0.5, 0.6) is 5.75 Å². The van der Waals surface area contributed by atoms with Crippen molar-refractivity contribution in [2.24, 2.45) is 0 Å². The average molecular weight is 434 g/mol. The zero-order valence-corrected chi connectivity index (χ0v) is 18.2. The van der Waals surface area contributed by atoms with Gasteiger partial charge in [0.2, 0.25) is 15.9 Å². The predicted octanol–water partition coefficient (Wildman–Crippen LogP) is 1.96. The molecule has 162 valence electrons. The Labute approximate surface area is 177 Å². The second-order valence-electron chi connectivity index (χ2n) is 7.10. The van der Waals surface area contributed by atoms with Crippen LogP contribution in [0.3, 0.4) is 0 Å². The molecule has 2 aromatic carbocycles. The van der Waals surface area contributed by atoms with Crippen LogP contribution in [0.25, 0.3) is 0 Å². The van der Waals surface area contributed by atoms with Gasteiger partial charge in [0.1, 0.15) is 16.7 Å². The number of methoxy groups -OCH3 is 1. The number of ether oxygens (including phenoxy) is 2. The minimum Gasteiger partial charge on any atom is -0.495 e. The van der Waals surface area contributed by atoms with Gasteiger partial charge in [0.15, 0.2) is 0 Å². The van der Waals surface area contributed by atoms with Crippen molar-refractivity contribution in [2.45, 2.75) is 10.9 Å². The first-order valence-electron chi connectivity index (χ1n) is 9.63. The second kappa shape index (κ2) is 9.46. The third-order valence-electron chi connectivity index (χ3n) is 4.88. The van der Waals surface area contributed by atoms with Crippen LogP contribution in [0, 0.1) is 0 Å². The molecule has 30 heavy (non-hydrogen) atoms. The summed E-state index contributed by atoms with van der Waals surface area (Å²) in [7, 11) is 1.03. The third kappa shape index (κ3) is 4.75. The van der Waals surface area contributed by atoms with Crippen molar-refractivity contribution in [3.63, 3.8) is 0 Å². The van der Waals surface area contributed by atoms with Gasteiger partial charge in [-0.05, 0) is 23.8 Å². The largest absolute Gasteiger partial charge is 0.495 e. The van der Waals surface area contributed by atoms with Gasteiger partial charge in [-0.15, -0.1) is 0 Å². The monoisotopic (exact) mass is 433 g/mol. The van der Waals surface area contributed by atoms with Crippen LogP contribution in [0.1, 0.15) is 11.6 Å². The lowest BCUT2D eigenvalue weighted by atomic mass is 10.1. The highest BCUT2D eigenvalue weighted by Gasteiger charge is 2.30. The molecule has 0 unspecified atom stereocenters. The smallest absolute Gasteiger partial charge is 0.249 e. The molecule has 2 aromatic rings. The van der Waals surface area contributed by atoms with Crippen molar-refractivity contribution in [2.75, 3.05) is 52.8 Å². The Morgan fingerprint density at radius 1 is 1.13 bits per heavy atom. The molecule has 0 aromatic heterocycles. The molecule has 1 saturated heterocycles. The van der Waals surface area contributed by atoms with Crippen LogP contribution < -0.4 is 10.1 Å².